The van der Waals surface area contributed by atoms with Gasteiger partial charge in [-0.3, -0.25) is 4.79 Å². The summed E-state index contributed by atoms with van der Waals surface area (Å²) in [4.78, 5) is 26.8. The molecule has 20 heavy (non-hydrogen) atoms. The smallest absolute Gasteiger partial charge is 0.335 e. The van der Waals surface area contributed by atoms with Crippen molar-refractivity contribution in [3.63, 3.8) is 0 Å². The van der Waals surface area contributed by atoms with Crippen molar-refractivity contribution in [2.75, 3.05) is 11.1 Å². The summed E-state index contributed by atoms with van der Waals surface area (Å²) < 4.78 is 0. The molecule has 2 aromatic rings. The zero-order valence-corrected chi connectivity index (χ0v) is 10.9. The van der Waals surface area contributed by atoms with E-state index in [1.807, 2.05) is 0 Å². The van der Waals surface area contributed by atoms with Crippen molar-refractivity contribution in [2.45, 2.75) is 0 Å². The first kappa shape index (κ1) is 13.8. The first-order valence-electron chi connectivity index (χ1n) is 5.53. The summed E-state index contributed by atoms with van der Waals surface area (Å²) >= 11 is 5.80. The van der Waals surface area contributed by atoms with Crippen molar-refractivity contribution < 1.29 is 14.7 Å². The number of benzene rings is 1. The molecule has 2 rings (SSSR count). The number of nitrogens with zero attached hydrogens (tertiary/aromatic N) is 1. The van der Waals surface area contributed by atoms with Gasteiger partial charge in [-0.05, 0) is 30.3 Å². The Morgan fingerprint density at radius 2 is 2.05 bits per heavy atom. The Balaban J connectivity index is 2.28. The third kappa shape index (κ3) is 3.04. The number of carbonyl (C=O) groups excluding carboxylic acids is 1. The van der Waals surface area contributed by atoms with Crippen molar-refractivity contribution in [2.24, 2.45) is 0 Å². The fourth-order valence-electron chi connectivity index (χ4n) is 1.58. The van der Waals surface area contributed by atoms with Crippen LogP contribution >= 0.6 is 11.6 Å². The van der Waals surface area contributed by atoms with E-state index in [-0.39, 0.29) is 27.7 Å². The van der Waals surface area contributed by atoms with Gasteiger partial charge in [-0.1, -0.05) is 11.6 Å². The van der Waals surface area contributed by atoms with E-state index >= 15 is 0 Å². The van der Waals surface area contributed by atoms with Crippen molar-refractivity contribution in [1.82, 2.24) is 4.98 Å². The highest BCUT2D eigenvalue weighted by molar-refractivity contribution is 6.31. The van der Waals surface area contributed by atoms with Gasteiger partial charge in [0.2, 0.25) is 0 Å². The molecular weight excluding hydrogens is 282 g/mol. The molecule has 1 aromatic carbocycles. The number of aromatic carboxylic acids is 1. The Morgan fingerprint density at radius 1 is 1.30 bits per heavy atom. The third-order valence-electron chi connectivity index (χ3n) is 2.46. The molecule has 102 valence electrons. The van der Waals surface area contributed by atoms with Crippen molar-refractivity contribution in [1.29, 1.82) is 0 Å². The molecule has 0 atom stereocenters. The van der Waals surface area contributed by atoms with Crippen LogP contribution in [0.3, 0.4) is 0 Å². The summed E-state index contributed by atoms with van der Waals surface area (Å²) in [6.07, 6.45) is 1.44. The number of nitrogens with one attached hydrogen (secondary N) is 1. The third-order valence-corrected chi connectivity index (χ3v) is 2.67. The number of hydrogen-bond donors (Lipinski definition) is 3. The monoisotopic (exact) mass is 291 g/mol. The molecule has 0 unspecified atom stereocenters. The molecule has 0 spiro atoms. The van der Waals surface area contributed by atoms with Gasteiger partial charge in [0, 0.05) is 16.9 Å². The number of anilines is 2. The summed E-state index contributed by atoms with van der Waals surface area (Å²) in [5, 5.41) is 11.6. The molecule has 1 amide bonds. The molecule has 1 heterocycles. The fourth-order valence-corrected chi connectivity index (χ4v) is 1.82. The van der Waals surface area contributed by atoms with Crippen molar-refractivity contribution in [3.8, 4) is 0 Å². The Kier molecular flexibility index (Phi) is 3.86. The molecule has 0 saturated carbocycles. The van der Waals surface area contributed by atoms with Crippen LogP contribution < -0.4 is 11.1 Å². The fraction of sp³-hybridized carbons (Fsp3) is 0. The molecule has 0 radical (unpaired) electrons. The van der Waals surface area contributed by atoms with Crippen molar-refractivity contribution in [3.05, 3.63) is 52.8 Å². The van der Waals surface area contributed by atoms with Gasteiger partial charge in [0.15, 0.2) is 5.69 Å². The lowest BCUT2D eigenvalue weighted by Gasteiger charge is -2.08. The van der Waals surface area contributed by atoms with Gasteiger partial charge in [-0.2, -0.15) is 0 Å². The molecule has 0 aliphatic heterocycles. The molecule has 0 aliphatic rings. The second kappa shape index (κ2) is 5.58. The largest absolute Gasteiger partial charge is 0.478 e. The Bertz CT molecular complexity index is 688. The maximum Gasteiger partial charge on any atom is 0.335 e. The van der Waals surface area contributed by atoms with Crippen LogP contribution in [0.25, 0.3) is 0 Å². The molecular formula is C13H10ClN3O3. The first-order valence-corrected chi connectivity index (χ1v) is 5.91. The van der Waals surface area contributed by atoms with E-state index in [4.69, 9.17) is 22.4 Å². The maximum atomic E-state index is 12.0. The molecule has 0 saturated heterocycles. The normalized spacial score (nSPS) is 10.1. The van der Waals surface area contributed by atoms with E-state index in [2.05, 4.69) is 10.3 Å². The predicted octanol–water partition coefficient (Wildman–Crippen LogP) is 2.27. The van der Waals surface area contributed by atoms with Gasteiger partial charge in [-0.25, -0.2) is 9.78 Å². The topological polar surface area (TPSA) is 105 Å². The van der Waals surface area contributed by atoms with E-state index in [1.165, 1.54) is 24.4 Å². The number of carbonyl (C=O) groups is 2. The van der Waals surface area contributed by atoms with E-state index in [0.29, 0.717) is 0 Å². The van der Waals surface area contributed by atoms with Gasteiger partial charge < -0.3 is 16.2 Å². The Labute approximate surface area is 119 Å². The van der Waals surface area contributed by atoms with Crippen LogP contribution in [0, 0.1) is 0 Å². The number of carboxylic acid groups (broad SMARTS) is 1. The van der Waals surface area contributed by atoms with Crippen LogP contribution in [0.1, 0.15) is 20.8 Å². The average Bonchev–Trinajstić information content (AvgIpc) is 2.38. The molecule has 0 fully saturated rings. The number of pyridine rings is 1. The zero-order valence-electron chi connectivity index (χ0n) is 10.1. The summed E-state index contributed by atoms with van der Waals surface area (Å²) in [6.45, 7) is 0. The lowest BCUT2D eigenvalue weighted by molar-refractivity contribution is 0.0696. The molecule has 7 heteroatoms. The predicted molar refractivity (Wildman–Crippen MR) is 75.0 cm³/mol. The summed E-state index contributed by atoms with van der Waals surface area (Å²) in [7, 11) is 0. The highest BCUT2D eigenvalue weighted by Crippen LogP contribution is 2.20. The van der Waals surface area contributed by atoms with E-state index in [1.54, 1.807) is 12.1 Å². The van der Waals surface area contributed by atoms with Gasteiger partial charge in [0.05, 0.1) is 11.3 Å². The second-order valence-electron chi connectivity index (χ2n) is 3.93. The second-order valence-corrected chi connectivity index (χ2v) is 4.37. The first-order chi connectivity index (χ1) is 9.47. The molecule has 0 aliphatic carbocycles. The highest BCUT2D eigenvalue weighted by Gasteiger charge is 2.13. The van der Waals surface area contributed by atoms with Gasteiger partial charge in [-0.15, -0.1) is 0 Å². The number of aromatic nitrogens is 1. The van der Waals surface area contributed by atoms with E-state index in [0.717, 1.165) is 0 Å². The number of carboxylic acids is 1. The van der Waals surface area contributed by atoms with Crippen LogP contribution in [0.5, 0.6) is 0 Å². The maximum absolute atomic E-state index is 12.0. The van der Waals surface area contributed by atoms with Gasteiger partial charge in [0.1, 0.15) is 0 Å². The lowest BCUT2D eigenvalue weighted by Crippen LogP contribution is -2.16. The highest BCUT2D eigenvalue weighted by atomic mass is 35.5. The SMILES string of the molecule is Nc1cccnc1C(=O)Nc1cc(Cl)cc(C(=O)O)c1. The van der Waals surface area contributed by atoms with Crippen LogP contribution in [-0.2, 0) is 0 Å². The number of amides is 1. The number of halogens is 1. The van der Waals surface area contributed by atoms with Crippen molar-refractivity contribution >= 4 is 34.9 Å². The standard InChI is InChI=1S/C13H10ClN3O3/c14-8-4-7(13(19)20)5-9(6-8)17-12(18)11-10(15)2-1-3-16-11/h1-6H,15H2,(H,17,18)(H,19,20). The van der Waals surface area contributed by atoms with Crippen LogP contribution in [0.4, 0.5) is 11.4 Å². The molecule has 0 bridgehead atoms. The molecule has 6 nitrogen and oxygen atoms in total. The summed E-state index contributed by atoms with van der Waals surface area (Å²) in [5.41, 5.74) is 6.15. The van der Waals surface area contributed by atoms with Crippen LogP contribution in [0.15, 0.2) is 36.5 Å². The van der Waals surface area contributed by atoms with Crippen LogP contribution in [0.2, 0.25) is 5.02 Å². The molecule has 1 aromatic heterocycles. The number of nitrogens with two attached hydrogens (primary N) is 1. The minimum absolute atomic E-state index is 0.0261. The zero-order chi connectivity index (χ0) is 14.7. The van der Waals surface area contributed by atoms with Gasteiger partial charge in [0.25, 0.3) is 5.91 Å². The number of rotatable bonds is 3. The number of nitrogen functional groups attached to an aromatic ring is 1. The average molecular weight is 292 g/mol. The van der Waals surface area contributed by atoms with E-state index < -0.39 is 11.9 Å². The number of hydrogen-bond acceptors (Lipinski definition) is 4. The summed E-state index contributed by atoms with van der Waals surface area (Å²) in [5.74, 6) is -1.68. The minimum atomic E-state index is -1.14. The Morgan fingerprint density at radius 3 is 2.70 bits per heavy atom. The lowest BCUT2D eigenvalue weighted by atomic mass is 10.2. The summed E-state index contributed by atoms with van der Waals surface area (Å²) in [6, 6.07) is 7.17. The van der Waals surface area contributed by atoms with Crippen LogP contribution in [-0.4, -0.2) is 22.0 Å². The molecule has 4 N–H and O–H groups in total. The van der Waals surface area contributed by atoms with E-state index in [9.17, 15) is 9.59 Å². The quantitative estimate of drug-likeness (QED) is 0.804. The van der Waals surface area contributed by atoms with Gasteiger partial charge >= 0.3 is 5.97 Å². The Hall–Kier alpha value is -2.60. The minimum Gasteiger partial charge on any atom is -0.478 e.